The lowest BCUT2D eigenvalue weighted by molar-refractivity contribution is 1.41. The third kappa shape index (κ3) is 2.40. The molecule has 2 rings (SSSR count). The maximum absolute atomic E-state index is 8.35. The largest absolute Gasteiger partial charge is 0.300 e. The molecule has 0 saturated carbocycles. The van der Waals surface area contributed by atoms with Gasteiger partial charge in [0.05, 0.1) is 5.71 Å². The van der Waals surface area contributed by atoms with Crippen LogP contribution in [0.4, 0.5) is 0 Å². The summed E-state index contributed by atoms with van der Waals surface area (Å²) >= 11 is 0. The highest BCUT2D eigenvalue weighted by atomic mass is 14.4. The van der Waals surface area contributed by atoms with Crippen LogP contribution in [-0.4, -0.2) is 5.71 Å². The van der Waals surface area contributed by atoms with E-state index in [-0.39, 0.29) is 0 Å². The molecule has 18 heavy (non-hydrogen) atoms. The van der Waals surface area contributed by atoms with Crippen LogP contribution in [0.2, 0.25) is 0 Å². The lowest BCUT2D eigenvalue weighted by atomic mass is 9.93. The van der Waals surface area contributed by atoms with E-state index >= 15 is 0 Å². The number of allylic oxidation sites excluding steroid dienone is 2. The standard InChI is InChI=1S/C17H17N/c1-3-15(16-12-8-7-9-13(16)2)17(18)14-10-5-4-6-11-14/h3-12,18H,1-2H3/b15-3+,18-17?. The van der Waals surface area contributed by atoms with Gasteiger partial charge >= 0.3 is 0 Å². The molecule has 0 fully saturated rings. The van der Waals surface area contributed by atoms with Crippen LogP contribution >= 0.6 is 0 Å². The van der Waals surface area contributed by atoms with Gasteiger partial charge in [0.2, 0.25) is 0 Å². The van der Waals surface area contributed by atoms with Gasteiger partial charge in [-0.2, -0.15) is 0 Å². The van der Waals surface area contributed by atoms with Gasteiger partial charge in [-0.15, -0.1) is 0 Å². The molecular weight excluding hydrogens is 218 g/mol. The Labute approximate surface area is 108 Å². The zero-order valence-corrected chi connectivity index (χ0v) is 10.8. The minimum atomic E-state index is 0.576. The van der Waals surface area contributed by atoms with E-state index in [9.17, 15) is 0 Å². The molecule has 0 aliphatic carbocycles. The molecule has 2 aromatic rings. The third-order valence-corrected chi connectivity index (χ3v) is 3.06. The van der Waals surface area contributed by atoms with Crippen molar-refractivity contribution in [3.8, 4) is 0 Å². The van der Waals surface area contributed by atoms with Crippen LogP contribution in [-0.2, 0) is 0 Å². The topological polar surface area (TPSA) is 23.9 Å². The Morgan fingerprint density at radius 2 is 1.56 bits per heavy atom. The molecule has 0 atom stereocenters. The number of hydrogen-bond acceptors (Lipinski definition) is 1. The molecule has 0 spiro atoms. The average molecular weight is 235 g/mol. The SMILES string of the molecule is C/C=C(/C(=N)c1ccccc1)c1ccccc1C. The molecule has 0 radical (unpaired) electrons. The fourth-order valence-corrected chi connectivity index (χ4v) is 2.07. The molecule has 0 saturated heterocycles. The Hall–Kier alpha value is -2.15. The summed E-state index contributed by atoms with van der Waals surface area (Å²) in [5, 5.41) is 8.35. The second-order valence-electron chi connectivity index (χ2n) is 4.26. The van der Waals surface area contributed by atoms with Crippen LogP contribution < -0.4 is 0 Å². The summed E-state index contributed by atoms with van der Waals surface area (Å²) in [5.41, 5.74) is 4.85. The fraction of sp³-hybridized carbons (Fsp3) is 0.118. The van der Waals surface area contributed by atoms with E-state index < -0.39 is 0 Å². The monoisotopic (exact) mass is 235 g/mol. The molecule has 0 aliphatic rings. The van der Waals surface area contributed by atoms with Crippen LogP contribution in [0.3, 0.4) is 0 Å². The predicted octanol–water partition coefficient (Wildman–Crippen LogP) is 4.47. The Morgan fingerprint density at radius 3 is 2.17 bits per heavy atom. The molecule has 0 unspecified atom stereocenters. The molecule has 0 heterocycles. The maximum Gasteiger partial charge on any atom is 0.0687 e. The van der Waals surface area contributed by atoms with E-state index in [1.165, 1.54) is 5.56 Å². The van der Waals surface area contributed by atoms with E-state index in [4.69, 9.17) is 5.41 Å². The molecule has 1 N–H and O–H groups in total. The van der Waals surface area contributed by atoms with Gasteiger partial charge in [0.15, 0.2) is 0 Å². The first-order valence-corrected chi connectivity index (χ1v) is 6.10. The Balaban J connectivity index is 2.43. The summed E-state index contributed by atoms with van der Waals surface area (Å²) < 4.78 is 0. The Morgan fingerprint density at radius 1 is 0.944 bits per heavy atom. The number of aryl methyl sites for hydroxylation is 1. The van der Waals surface area contributed by atoms with Crippen molar-refractivity contribution in [1.29, 1.82) is 5.41 Å². The smallest absolute Gasteiger partial charge is 0.0687 e. The normalized spacial score (nSPS) is 11.3. The second-order valence-corrected chi connectivity index (χ2v) is 4.26. The van der Waals surface area contributed by atoms with Gasteiger partial charge in [0, 0.05) is 11.1 Å². The van der Waals surface area contributed by atoms with Crippen molar-refractivity contribution in [2.45, 2.75) is 13.8 Å². The van der Waals surface area contributed by atoms with Crippen molar-refractivity contribution < 1.29 is 0 Å². The molecule has 90 valence electrons. The number of rotatable bonds is 3. The van der Waals surface area contributed by atoms with Crippen LogP contribution in [0, 0.1) is 12.3 Å². The highest BCUT2D eigenvalue weighted by molar-refractivity contribution is 6.30. The highest BCUT2D eigenvalue weighted by Crippen LogP contribution is 2.22. The van der Waals surface area contributed by atoms with Gasteiger partial charge in [-0.3, -0.25) is 5.41 Å². The number of nitrogens with one attached hydrogen (secondary N) is 1. The van der Waals surface area contributed by atoms with E-state index in [0.717, 1.165) is 16.7 Å². The molecule has 0 bridgehead atoms. The molecule has 1 nitrogen and oxygen atoms in total. The minimum absolute atomic E-state index is 0.576. The summed E-state index contributed by atoms with van der Waals surface area (Å²) in [6.45, 7) is 4.07. The first-order chi connectivity index (χ1) is 8.74. The van der Waals surface area contributed by atoms with Gasteiger partial charge in [-0.1, -0.05) is 60.7 Å². The van der Waals surface area contributed by atoms with Crippen molar-refractivity contribution in [1.82, 2.24) is 0 Å². The summed E-state index contributed by atoms with van der Waals surface area (Å²) in [5.74, 6) is 0. The number of benzene rings is 2. The summed E-state index contributed by atoms with van der Waals surface area (Å²) in [6.07, 6.45) is 2.01. The van der Waals surface area contributed by atoms with Gasteiger partial charge < -0.3 is 0 Å². The highest BCUT2D eigenvalue weighted by Gasteiger charge is 2.10. The quantitative estimate of drug-likeness (QED) is 0.759. The van der Waals surface area contributed by atoms with Crippen LogP contribution in [0.15, 0.2) is 60.7 Å². The molecule has 0 aromatic heterocycles. The molecule has 0 amide bonds. The van der Waals surface area contributed by atoms with Crippen molar-refractivity contribution in [3.63, 3.8) is 0 Å². The lowest BCUT2D eigenvalue weighted by Crippen LogP contribution is -2.03. The zero-order valence-electron chi connectivity index (χ0n) is 10.8. The number of hydrogen-bond donors (Lipinski definition) is 1. The summed E-state index contributed by atoms with van der Waals surface area (Å²) in [6, 6.07) is 18.1. The molecule has 2 aromatic carbocycles. The second kappa shape index (κ2) is 5.46. The summed E-state index contributed by atoms with van der Waals surface area (Å²) in [7, 11) is 0. The average Bonchev–Trinajstić information content (AvgIpc) is 2.42. The van der Waals surface area contributed by atoms with E-state index in [1.54, 1.807) is 0 Å². The van der Waals surface area contributed by atoms with E-state index in [2.05, 4.69) is 19.1 Å². The molecule has 1 heteroatoms. The first kappa shape index (κ1) is 12.3. The van der Waals surface area contributed by atoms with E-state index in [1.807, 2.05) is 55.5 Å². The maximum atomic E-state index is 8.35. The zero-order chi connectivity index (χ0) is 13.0. The summed E-state index contributed by atoms with van der Waals surface area (Å²) in [4.78, 5) is 0. The predicted molar refractivity (Wildman–Crippen MR) is 78.1 cm³/mol. The Kier molecular flexibility index (Phi) is 3.73. The first-order valence-electron chi connectivity index (χ1n) is 6.10. The van der Waals surface area contributed by atoms with E-state index in [0.29, 0.717) is 5.71 Å². The van der Waals surface area contributed by atoms with Gasteiger partial charge in [0.1, 0.15) is 0 Å². The van der Waals surface area contributed by atoms with Gasteiger partial charge in [0.25, 0.3) is 0 Å². The molecular formula is C17H17N. The lowest BCUT2D eigenvalue weighted by Gasteiger charge is -2.12. The van der Waals surface area contributed by atoms with Gasteiger partial charge in [-0.25, -0.2) is 0 Å². The minimum Gasteiger partial charge on any atom is -0.300 e. The molecule has 0 aliphatic heterocycles. The third-order valence-electron chi connectivity index (χ3n) is 3.06. The Bertz CT molecular complexity index is 580. The van der Waals surface area contributed by atoms with Crippen molar-refractivity contribution in [3.05, 3.63) is 77.4 Å². The van der Waals surface area contributed by atoms with Crippen LogP contribution in [0.5, 0.6) is 0 Å². The van der Waals surface area contributed by atoms with Crippen molar-refractivity contribution in [2.75, 3.05) is 0 Å². The van der Waals surface area contributed by atoms with Crippen molar-refractivity contribution >= 4 is 11.3 Å². The van der Waals surface area contributed by atoms with Gasteiger partial charge in [-0.05, 0) is 25.0 Å². The van der Waals surface area contributed by atoms with Crippen LogP contribution in [0.25, 0.3) is 5.57 Å². The fourth-order valence-electron chi connectivity index (χ4n) is 2.07. The van der Waals surface area contributed by atoms with Crippen LogP contribution in [0.1, 0.15) is 23.6 Å². The van der Waals surface area contributed by atoms with Crippen molar-refractivity contribution in [2.24, 2.45) is 0 Å².